The molecule has 5 nitrogen and oxygen atoms in total. The number of nitrogens with zero attached hydrogens (tertiary/aromatic N) is 2. The zero-order valence-electron chi connectivity index (χ0n) is 12.2. The van der Waals surface area contributed by atoms with E-state index in [4.69, 9.17) is 4.74 Å². The van der Waals surface area contributed by atoms with Crippen molar-refractivity contribution in [2.75, 3.05) is 6.26 Å². The second kappa shape index (κ2) is 5.96. The van der Waals surface area contributed by atoms with Crippen LogP contribution in [-0.4, -0.2) is 24.6 Å². The number of hydrogen-bond donors (Lipinski definition) is 0. The summed E-state index contributed by atoms with van der Waals surface area (Å²) in [5.41, 5.74) is 0.319. The van der Waals surface area contributed by atoms with Crippen molar-refractivity contribution in [3.05, 3.63) is 41.7 Å². The first-order chi connectivity index (χ1) is 10.2. The highest BCUT2D eigenvalue weighted by Crippen LogP contribution is 2.30. The molecule has 118 valence electrons. The molecule has 0 fully saturated rings. The van der Waals surface area contributed by atoms with Crippen LogP contribution in [0.5, 0.6) is 11.5 Å². The lowest BCUT2D eigenvalue weighted by Crippen LogP contribution is -2.08. The molecular formula is C14H14F2N2O3S. The highest BCUT2D eigenvalue weighted by atomic mass is 32.2. The van der Waals surface area contributed by atoms with Crippen LogP contribution in [-0.2, 0) is 9.84 Å². The van der Waals surface area contributed by atoms with E-state index < -0.39 is 21.5 Å². The molecule has 2 rings (SSSR count). The minimum absolute atomic E-state index is 0.118. The summed E-state index contributed by atoms with van der Waals surface area (Å²) in [6.07, 6.45) is 2.16. The lowest BCUT2D eigenvalue weighted by atomic mass is 10.1. The Morgan fingerprint density at radius 1 is 1.18 bits per heavy atom. The molecule has 1 aromatic heterocycles. The fourth-order valence-corrected chi connectivity index (χ4v) is 2.22. The molecule has 22 heavy (non-hydrogen) atoms. The molecule has 0 amide bonds. The Hall–Kier alpha value is -2.09. The van der Waals surface area contributed by atoms with Gasteiger partial charge in [0.05, 0.1) is 11.9 Å². The first-order valence-corrected chi connectivity index (χ1v) is 8.27. The van der Waals surface area contributed by atoms with Gasteiger partial charge in [-0.15, -0.1) is 0 Å². The summed E-state index contributed by atoms with van der Waals surface area (Å²) < 4.78 is 54.9. The molecule has 0 bridgehead atoms. The van der Waals surface area contributed by atoms with E-state index in [-0.39, 0.29) is 22.6 Å². The van der Waals surface area contributed by atoms with Gasteiger partial charge in [0, 0.05) is 12.3 Å². The Bertz CT molecular complexity index is 808. The molecule has 1 aromatic carbocycles. The molecule has 0 N–H and O–H groups in total. The highest BCUT2D eigenvalue weighted by Gasteiger charge is 2.19. The quantitative estimate of drug-likeness (QED) is 0.807. The Balaban J connectivity index is 2.47. The second-order valence-electron chi connectivity index (χ2n) is 5.01. The molecule has 0 aliphatic heterocycles. The summed E-state index contributed by atoms with van der Waals surface area (Å²) in [6.45, 7) is 3.56. The van der Waals surface area contributed by atoms with Crippen molar-refractivity contribution in [3.63, 3.8) is 0 Å². The summed E-state index contributed by atoms with van der Waals surface area (Å²) in [7, 11) is -3.56. The predicted molar refractivity (Wildman–Crippen MR) is 75.7 cm³/mol. The number of hydrogen-bond acceptors (Lipinski definition) is 5. The van der Waals surface area contributed by atoms with E-state index in [1.54, 1.807) is 13.8 Å². The molecule has 8 heteroatoms. The van der Waals surface area contributed by atoms with Gasteiger partial charge in [-0.05, 0) is 18.1 Å². The number of benzene rings is 1. The lowest BCUT2D eigenvalue weighted by Gasteiger charge is -2.13. The predicted octanol–water partition coefficient (Wildman–Crippen LogP) is 3.07. The van der Waals surface area contributed by atoms with E-state index in [0.717, 1.165) is 18.4 Å². The third-order valence-electron chi connectivity index (χ3n) is 2.75. The van der Waals surface area contributed by atoms with E-state index in [2.05, 4.69) is 9.97 Å². The maximum Gasteiger partial charge on any atom is 0.247 e. The molecular weight excluding hydrogens is 314 g/mol. The summed E-state index contributed by atoms with van der Waals surface area (Å²) >= 11 is 0. The Morgan fingerprint density at radius 2 is 1.86 bits per heavy atom. The van der Waals surface area contributed by atoms with Crippen LogP contribution in [0.1, 0.15) is 25.5 Å². The van der Waals surface area contributed by atoms with Gasteiger partial charge in [0.2, 0.25) is 15.0 Å². The Morgan fingerprint density at radius 3 is 2.41 bits per heavy atom. The molecule has 0 aliphatic rings. The number of sulfone groups is 1. The molecule has 0 atom stereocenters. The fraction of sp³-hybridized carbons (Fsp3) is 0.286. The van der Waals surface area contributed by atoms with Gasteiger partial charge >= 0.3 is 0 Å². The highest BCUT2D eigenvalue weighted by molar-refractivity contribution is 7.90. The Kier molecular flexibility index (Phi) is 4.41. The van der Waals surface area contributed by atoms with Crippen LogP contribution in [0.4, 0.5) is 8.78 Å². The first-order valence-electron chi connectivity index (χ1n) is 6.38. The summed E-state index contributed by atoms with van der Waals surface area (Å²) in [5.74, 6) is -1.85. The molecule has 0 unspecified atom stereocenters. The molecule has 1 heterocycles. The van der Waals surface area contributed by atoms with Gasteiger partial charge in [-0.1, -0.05) is 13.8 Å². The second-order valence-corrected chi connectivity index (χ2v) is 6.92. The van der Waals surface area contributed by atoms with Gasteiger partial charge < -0.3 is 4.74 Å². The topological polar surface area (TPSA) is 69.2 Å². The standard InChI is InChI=1S/C14H14F2N2O3S/c1-8(2)13-12(7-17-14(18-13)22(3,19)20)21-11-5-4-9(15)6-10(11)16/h4-8H,1-3H3. The van der Waals surface area contributed by atoms with Gasteiger partial charge in [-0.2, -0.15) is 0 Å². The SMILES string of the molecule is CC(C)c1nc(S(C)(=O)=O)ncc1Oc1ccc(F)cc1F. The van der Waals surface area contributed by atoms with Gasteiger partial charge in [0.15, 0.2) is 17.3 Å². The van der Waals surface area contributed by atoms with Crippen molar-refractivity contribution in [3.8, 4) is 11.5 Å². The zero-order valence-corrected chi connectivity index (χ0v) is 13.0. The Labute approximate surface area is 126 Å². The molecule has 0 saturated heterocycles. The normalized spacial score (nSPS) is 11.7. The van der Waals surface area contributed by atoms with Crippen LogP contribution in [0, 0.1) is 11.6 Å². The smallest absolute Gasteiger partial charge is 0.247 e. The van der Waals surface area contributed by atoms with Crippen molar-refractivity contribution in [1.29, 1.82) is 0 Å². The average molecular weight is 328 g/mol. The molecule has 0 saturated carbocycles. The molecule has 0 aliphatic carbocycles. The maximum atomic E-state index is 13.6. The number of halogens is 2. The molecule has 0 spiro atoms. The van der Waals surface area contributed by atoms with Gasteiger partial charge in [-0.3, -0.25) is 0 Å². The van der Waals surface area contributed by atoms with Gasteiger partial charge in [0.25, 0.3) is 0 Å². The molecule has 2 aromatic rings. The van der Waals surface area contributed by atoms with Crippen molar-refractivity contribution in [2.45, 2.75) is 24.9 Å². The van der Waals surface area contributed by atoms with Crippen LogP contribution in [0.3, 0.4) is 0 Å². The van der Waals surface area contributed by atoms with Crippen molar-refractivity contribution >= 4 is 9.84 Å². The number of rotatable bonds is 4. The minimum Gasteiger partial charge on any atom is -0.451 e. The van der Waals surface area contributed by atoms with Crippen LogP contribution < -0.4 is 4.74 Å². The monoisotopic (exact) mass is 328 g/mol. The first kappa shape index (κ1) is 16.3. The van der Waals surface area contributed by atoms with E-state index in [1.165, 1.54) is 6.20 Å². The van der Waals surface area contributed by atoms with Crippen LogP contribution in [0.15, 0.2) is 29.6 Å². The van der Waals surface area contributed by atoms with E-state index in [9.17, 15) is 17.2 Å². The van der Waals surface area contributed by atoms with Crippen molar-refractivity contribution in [2.24, 2.45) is 0 Å². The van der Waals surface area contributed by atoms with Gasteiger partial charge in [-0.25, -0.2) is 27.2 Å². The summed E-state index contributed by atoms with van der Waals surface area (Å²) in [4.78, 5) is 7.68. The molecule has 0 radical (unpaired) electrons. The average Bonchev–Trinajstić information content (AvgIpc) is 2.40. The number of aromatic nitrogens is 2. The summed E-state index contributed by atoms with van der Waals surface area (Å²) in [5, 5.41) is -0.330. The maximum absolute atomic E-state index is 13.6. The van der Waals surface area contributed by atoms with E-state index >= 15 is 0 Å². The van der Waals surface area contributed by atoms with Crippen LogP contribution in [0.25, 0.3) is 0 Å². The fourth-order valence-electron chi connectivity index (χ4n) is 1.71. The van der Waals surface area contributed by atoms with Crippen molar-refractivity contribution in [1.82, 2.24) is 9.97 Å². The third-order valence-corrected chi connectivity index (χ3v) is 3.61. The minimum atomic E-state index is -3.56. The van der Waals surface area contributed by atoms with E-state index in [1.807, 2.05) is 0 Å². The van der Waals surface area contributed by atoms with Crippen LogP contribution >= 0.6 is 0 Å². The van der Waals surface area contributed by atoms with Gasteiger partial charge in [0.1, 0.15) is 5.82 Å². The largest absolute Gasteiger partial charge is 0.451 e. The van der Waals surface area contributed by atoms with Crippen LogP contribution in [0.2, 0.25) is 0 Å². The summed E-state index contributed by atoms with van der Waals surface area (Å²) in [6, 6.07) is 2.88. The zero-order chi connectivity index (χ0) is 16.5. The number of ether oxygens (including phenoxy) is 1. The van der Waals surface area contributed by atoms with E-state index in [0.29, 0.717) is 11.8 Å². The third kappa shape index (κ3) is 3.56. The lowest BCUT2D eigenvalue weighted by molar-refractivity contribution is 0.424. The van der Waals surface area contributed by atoms with Crippen molar-refractivity contribution < 1.29 is 21.9 Å².